The Kier molecular flexibility index (Phi) is 10.0. The van der Waals surface area contributed by atoms with E-state index in [1.807, 2.05) is 6.92 Å². The lowest BCUT2D eigenvalue weighted by molar-refractivity contribution is -0.122. The number of rotatable bonds is 8. The van der Waals surface area contributed by atoms with E-state index < -0.39 is 0 Å². The largest absolute Gasteiger partial charge is 0.352 e. The molecule has 1 aromatic rings. The highest BCUT2D eigenvalue weighted by Crippen LogP contribution is 2.21. The van der Waals surface area contributed by atoms with Gasteiger partial charge in [-0.3, -0.25) is 4.79 Å². The van der Waals surface area contributed by atoms with Crippen molar-refractivity contribution < 1.29 is 9.18 Å². The number of carbonyl (C=O) groups is 1. The van der Waals surface area contributed by atoms with Gasteiger partial charge in [0.2, 0.25) is 5.91 Å². The van der Waals surface area contributed by atoms with Gasteiger partial charge in [0.1, 0.15) is 5.82 Å². The number of amides is 1. The summed E-state index contributed by atoms with van der Waals surface area (Å²) in [6, 6.07) is 6.62. The average molecular weight is 317 g/mol. The summed E-state index contributed by atoms with van der Waals surface area (Å²) in [4.78, 5) is 12.0. The van der Waals surface area contributed by atoms with E-state index in [1.165, 1.54) is 6.07 Å². The van der Waals surface area contributed by atoms with Gasteiger partial charge in [-0.15, -0.1) is 12.4 Å². The summed E-state index contributed by atoms with van der Waals surface area (Å²) in [6.07, 6.45) is 3.30. The molecular weight excluding hydrogens is 291 g/mol. The molecular formula is C16H26ClFN2O. The maximum Gasteiger partial charge on any atom is 0.220 e. The van der Waals surface area contributed by atoms with E-state index in [0.717, 1.165) is 19.3 Å². The number of carbonyl (C=O) groups excluding carboxylic acids is 1. The molecule has 0 heterocycles. The molecule has 0 spiro atoms. The van der Waals surface area contributed by atoms with Gasteiger partial charge in [0, 0.05) is 19.0 Å². The number of unbranched alkanes of at least 4 members (excludes halogenated alkanes) is 1. The Labute approximate surface area is 132 Å². The van der Waals surface area contributed by atoms with Crippen molar-refractivity contribution in [1.82, 2.24) is 5.32 Å². The van der Waals surface area contributed by atoms with Crippen LogP contribution in [-0.4, -0.2) is 18.5 Å². The molecule has 3 N–H and O–H groups in total. The number of hydrogen-bond donors (Lipinski definition) is 2. The maximum absolute atomic E-state index is 13.6. The molecule has 0 aliphatic heterocycles. The van der Waals surface area contributed by atoms with E-state index >= 15 is 0 Å². The zero-order valence-corrected chi connectivity index (χ0v) is 13.6. The van der Waals surface area contributed by atoms with Crippen LogP contribution >= 0.6 is 12.4 Å². The van der Waals surface area contributed by atoms with Crippen LogP contribution in [0.5, 0.6) is 0 Å². The van der Waals surface area contributed by atoms with Crippen molar-refractivity contribution in [1.29, 1.82) is 0 Å². The Bertz CT molecular complexity index is 428. The van der Waals surface area contributed by atoms with Crippen molar-refractivity contribution in [3.63, 3.8) is 0 Å². The first-order chi connectivity index (χ1) is 9.58. The summed E-state index contributed by atoms with van der Waals surface area (Å²) in [5, 5.41) is 2.94. The van der Waals surface area contributed by atoms with Crippen LogP contribution in [-0.2, 0) is 4.79 Å². The Morgan fingerprint density at radius 1 is 1.38 bits per heavy atom. The normalized spacial score (nSPS) is 13.1. The topological polar surface area (TPSA) is 55.1 Å². The van der Waals surface area contributed by atoms with E-state index in [2.05, 4.69) is 12.2 Å². The van der Waals surface area contributed by atoms with Gasteiger partial charge in [0.25, 0.3) is 0 Å². The molecule has 1 aromatic carbocycles. The SMILES string of the molecule is CCCCC(CN)NC(=O)CC(C)c1ccccc1F.Cl. The molecule has 0 fully saturated rings. The molecule has 0 saturated heterocycles. The summed E-state index contributed by atoms with van der Waals surface area (Å²) in [7, 11) is 0. The highest BCUT2D eigenvalue weighted by Gasteiger charge is 2.16. The standard InChI is InChI=1S/C16H25FN2O.ClH/c1-3-4-7-13(11-18)19-16(20)10-12(2)14-8-5-6-9-15(14)17;/h5-6,8-9,12-13H,3-4,7,10-11,18H2,1-2H3,(H,19,20);1H. The van der Waals surface area contributed by atoms with E-state index in [1.54, 1.807) is 18.2 Å². The molecule has 120 valence electrons. The number of nitrogens with one attached hydrogen (secondary N) is 1. The van der Waals surface area contributed by atoms with E-state index in [-0.39, 0.29) is 42.5 Å². The summed E-state index contributed by atoms with van der Waals surface area (Å²) in [5.41, 5.74) is 6.24. The van der Waals surface area contributed by atoms with Crippen molar-refractivity contribution in [3.8, 4) is 0 Å². The van der Waals surface area contributed by atoms with Crippen LogP contribution < -0.4 is 11.1 Å². The lowest BCUT2D eigenvalue weighted by Crippen LogP contribution is -2.40. The van der Waals surface area contributed by atoms with E-state index in [4.69, 9.17) is 5.73 Å². The summed E-state index contributed by atoms with van der Waals surface area (Å²) in [5.74, 6) is -0.456. The Morgan fingerprint density at radius 2 is 2.05 bits per heavy atom. The predicted octanol–water partition coefficient (Wildman–Crippen LogP) is 3.37. The lowest BCUT2D eigenvalue weighted by atomic mass is 9.96. The average Bonchev–Trinajstić information content (AvgIpc) is 2.43. The number of benzene rings is 1. The molecule has 0 saturated carbocycles. The van der Waals surface area contributed by atoms with Crippen LogP contribution in [0.2, 0.25) is 0 Å². The van der Waals surface area contributed by atoms with Gasteiger partial charge in [0.05, 0.1) is 0 Å². The smallest absolute Gasteiger partial charge is 0.220 e. The second kappa shape index (κ2) is 10.6. The number of hydrogen-bond acceptors (Lipinski definition) is 2. The molecule has 1 amide bonds. The van der Waals surface area contributed by atoms with Crippen molar-refractivity contribution in [2.45, 2.75) is 51.5 Å². The van der Waals surface area contributed by atoms with Gasteiger partial charge in [-0.05, 0) is 24.0 Å². The minimum absolute atomic E-state index is 0. The Balaban J connectivity index is 0.00000400. The zero-order valence-electron chi connectivity index (χ0n) is 12.8. The van der Waals surface area contributed by atoms with Crippen LogP contribution in [0.15, 0.2) is 24.3 Å². The molecule has 3 nitrogen and oxygen atoms in total. The molecule has 2 unspecified atom stereocenters. The fourth-order valence-corrected chi connectivity index (χ4v) is 2.25. The maximum atomic E-state index is 13.6. The van der Waals surface area contributed by atoms with Crippen molar-refractivity contribution >= 4 is 18.3 Å². The second-order valence-corrected chi connectivity index (χ2v) is 5.27. The summed E-state index contributed by atoms with van der Waals surface area (Å²) < 4.78 is 13.6. The Morgan fingerprint density at radius 3 is 2.62 bits per heavy atom. The first-order valence-corrected chi connectivity index (χ1v) is 7.32. The highest BCUT2D eigenvalue weighted by atomic mass is 35.5. The fourth-order valence-electron chi connectivity index (χ4n) is 2.25. The first kappa shape index (κ1) is 19.9. The third kappa shape index (κ3) is 6.91. The van der Waals surface area contributed by atoms with E-state index in [0.29, 0.717) is 12.1 Å². The Hall–Kier alpha value is -1.13. The molecule has 1 rings (SSSR count). The molecule has 0 radical (unpaired) electrons. The van der Waals surface area contributed by atoms with Gasteiger partial charge in [0.15, 0.2) is 0 Å². The van der Waals surface area contributed by atoms with E-state index in [9.17, 15) is 9.18 Å². The van der Waals surface area contributed by atoms with Gasteiger partial charge in [-0.1, -0.05) is 44.9 Å². The van der Waals surface area contributed by atoms with Gasteiger partial charge in [-0.2, -0.15) is 0 Å². The quantitative estimate of drug-likeness (QED) is 0.772. The third-order valence-electron chi connectivity index (χ3n) is 3.48. The summed E-state index contributed by atoms with van der Waals surface area (Å²) >= 11 is 0. The number of halogens is 2. The first-order valence-electron chi connectivity index (χ1n) is 7.32. The molecule has 2 atom stereocenters. The molecule has 0 aliphatic carbocycles. The van der Waals surface area contributed by atoms with Crippen molar-refractivity contribution in [2.75, 3.05) is 6.54 Å². The van der Waals surface area contributed by atoms with Gasteiger partial charge >= 0.3 is 0 Å². The molecule has 21 heavy (non-hydrogen) atoms. The molecule has 5 heteroatoms. The van der Waals surface area contributed by atoms with Crippen molar-refractivity contribution in [2.24, 2.45) is 5.73 Å². The lowest BCUT2D eigenvalue weighted by Gasteiger charge is -2.18. The number of nitrogens with two attached hydrogens (primary N) is 1. The molecule has 0 bridgehead atoms. The summed E-state index contributed by atoms with van der Waals surface area (Å²) in [6.45, 7) is 4.41. The predicted molar refractivity (Wildman–Crippen MR) is 87.2 cm³/mol. The molecule has 0 aromatic heterocycles. The monoisotopic (exact) mass is 316 g/mol. The molecule has 0 aliphatic rings. The van der Waals surface area contributed by atoms with Crippen LogP contribution in [0.1, 0.15) is 51.0 Å². The minimum Gasteiger partial charge on any atom is -0.352 e. The van der Waals surface area contributed by atoms with Crippen LogP contribution in [0.4, 0.5) is 4.39 Å². The van der Waals surface area contributed by atoms with Crippen LogP contribution in [0, 0.1) is 5.82 Å². The third-order valence-corrected chi connectivity index (χ3v) is 3.48. The van der Waals surface area contributed by atoms with Crippen LogP contribution in [0.25, 0.3) is 0 Å². The van der Waals surface area contributed by atoms with Gasteiger partial charge < -0.3 is 11.1 Å². The highest BCUT2D eigenvalue weighted by molar-refractivity contribution is 5.85. The van der Waals surface area contributed by atoms with Gasteiger partial charge in [-0.25, -0.2) is 4.39 Å². The second-order valence-electron chi connectivity index (χ2n) is 5.27. The van der Waals surface area contributed by atoms with Crippen LogP contribution in [0.3, 0.4) is 0 Å². The zero-order chi connectivity index (χ0) is 15.0. The minimum atomic E-state index is -0.255. The fraction of sp³-hybridized carbons (Fsp3) is 0.562. The van der Waals surface area contributed by atoms with Crippen molar-refractivity contribution in [3.05, 3.63) is 35.6 Å².